The van der Waals surface area contributed by atoms with Crippen LogP contribution in [-0.2, 0) is 35.1 Å². The van der Waals surface area contributed by atoms with E-state index in [-0.39, 0.29) is 60.6 Å². The van der Waals surface area contributed by atoms with Gasteiger partial charge in [0.2, 0.25) is 23.6 Å². The largest absolute Gasteiger partial charge is 0.394 e. The van der Waals surface area contributed by atoms with Gasteiger partial charge in [-0.3, -0.25) is 24.1 Å². The molecule has 11 atom stereocenters. The lowest BCUT2D eigenvalue weighted by atomic mass is 9.89. The Bertz CT molecular complexity index is 1360. The molecule has 2 heterocycles. The van der Waals surface area contributed by atoms with Gasteiger partial charge in [-0.25, -0.2) is 0 Å². The standard InChI is InChI=1S/C41H67N5O7/c1-10-26(4)36(45(7)41(51)35(25(2)3)43-40(50)37-29-18-19-31(22-29)44(37)6)33(52-8)23-34(48)46-20-14-17-32(46)38(53-9)27(5)39(49)42-30(24-47)21-28-15-12-11-13-16-28/h11-13,15-16,25-27,29-33,35-38,47H,10,14,17-24H2,1-9H3,(H,42,49)(H,43,50)/t26-,27+,29-,30-,31+,32-,33+,35-,36-,37-,38+/m0/s1. The van der Waals surface area contributed by atoms with Crippen molar-refractivity contribution in [2.75, 3.05) is 41.5 Å². The second-order valence-electron chi connectivity index (χ2n) is 16.2. The van der Waals surface area contributed by atoms with Crippen LogP contribution in [0.5, 0.6) is 0 Å². The molecule has 3 N–H and O–H groups in total. The second-order valence-corrected chi connectivity index (χ2v) is 16.2. The van der Waals surface area contributed by atoms with Crippen molar-refractivity contribution in [2.45, 2.75) is 134 Å². The van der Waals surface area contributed by atoms with E-state index in [1.165, 1.54) is 0 Å². The Morgan fingerprint density at radius 2 is 1.70 bits per heavy atom. The quantitative estimate of drug-likeness (QED) is 0.197. The molecule has 1 aromatic rings. The molecule has 3 fully saturated rings. The van der Waals surface area contributed by atoms with Gasteiger partial charge < -0.3 is 35.0 Å². The predicted octanol–water partition coefficient (Wildman–Crippen LogP) is 3.25. The molecule has 0 radical (unpaired) electrons. The fourth-order valence-electron chi connectivity index (χ4n) is 9.28. The third-order valence-electron chi connectivity index (χ3n) is 12.6. The minimum Gasteiger partial charge on any atom is -0.394 e. The van der Waals surface area contributed by atoms with E-state index in [0.29, 0.717) is 31.3 Å². The summed E-state index contributed by atoms with van der Waals surface area (Å²) >= 11 is 0. The summed E-state index contributed by atoms with van der Waals surface area (Å²) in [5.74, 6) is -1.03. The number of aliphatic hydroxyl groups is 1. The first-order chi connectivity index (χ1) is 25.3. The van der Waals surface area contributed by atoms with Crippen LogP contribution in [0, 0.1) is 23.7 Å². The zero-order valence-electron chi connectivity index (χ0n) is 33.6. The summed E-state index contributed by atoms with van der Waals surface area (Å²) in [7, 11) is 6.93. The van der Waals surface area contributed by atoms with E-state index in [1.54, 1.807) is 33.1 Å². The van der Waals surface area contributed by atoms with Gasteiger partial charge in [-0.1, -0.05) is 71.4 Å². The molecule has 0 unspecified atom stereocenters. The number of nitrogens with zero attached hydrogens (tertiary/aromatic N) is 3. The maximum Gasteiger partial charge on any atom is 0.245 e. The van der Waals surface area contributed by atoms with Crippen molar-refractivity contribution < 1.29 is 33.8 Å². The molecular formula is C41H67N5O7. The maximum atomic E-state index is 14.3. The fraction of sp³-hybridized carbons (Fsp3) is 0.756. The van der Waals surface area contributed by atoms with Crippen molar-refractivity contribution in [3.8, 4) is 0 Å². The number of methoxy groups -OCH3 is 2. The first-order valence-corrected chi connectivity index (χ1v) is 19.9. The number of piperidine rings is 1. The molecule has 12 heteroatoms. The number of carbonyl (C=O) groups is 4. The molecule has 1 aromatic carbocycles. The lowest BCUT2D eigenvalue weighted by molar-refractivity contribution is -0.148. The molecular weight excluding hydrogens is 674 g/mol. The third-order valence-corrected chi connectivity index (χ3v) is 12.6. The predicted molar refractivity (Wildman–Crippen MR) is 205 cm³/mol. The molecule has 2 aliphatic heterocycles. The summed E-state index contributed by atoms with van der Waals surface area (Å²) in [6.07, 6.45) is 4.80. The van der Waals surface area contributed by atoms with Crippen LogP contribution in [0.3, 0.4) is 0 Å². The number of likely N-dealkylation sites (N-methyl/N-ethyl adjacent to an activating group) is 2. The molecule has 1 saturated carbocycles. The molecule has 4 amide bonds. The lowest BCUT2D eigenvalue weighted by Crippen LogP contribution is -2.60. The molecule has 298 valence electrons. The highest BCUT2D eigenvalue weighted by molar-refractivity contribution is 5.90. The van der Waals surface area contributed by atoms with Gasteiger partial charge in [0.05, 0.1) is 55.3 Å². The van der Waals surface area contributed by atoms with Crippen LogP contribution in [0.25, 0.3) is 0 Å². The molecule has 4 rings (SSSR count). The smallest absolute Gasteiger partial charge is 0.245 e. The zero-order chi connectivity index (χ0) is 39.0. The number of amides is 4. The molecule has 2 bridgehead atoms. The molecule has 0 aromatic heterocycles. The fourth-order valence-corrected chi connectivity index (χ4v) is 9.28. The Labute approximate surface area is 317 Å². The van der Waals surface area contributed by atoms with E-state index in [0.717, 1.165) is 37.7 Å². The van der Waals surface area contributed by atoms with Gasteiger partial charge in [-0.05, 0) is 68.9 Å². The van der Waals surface area contributed by atoms with Crippen molar-refractivity contribution in [2.24, 2.45) is 23.7 Å². The lowest BCUT2D eigenvalue weighted by Gasteiger charge is -2.41. The SMILES string of the molecule is CC[C@H](C)[C@@H]([C@@H](CC(=O)N1CCC[C@H]1[C@H](OC)[C@@H](C)C(=O)N[C@H](CO)Cc1ccccc1)OC)N(C)C(=O)[C@@H](NC(=O)[C@@H]1[C@H]2CC[C@H](C2)N1C)C(C)C. The first-order valence-electron chi connectivity index (χ1n) is 19.9. The van der Waals surface area contributed by atoms with Gasteiger partial charge in [0, 0.05) is 33.9 Å². The van der Waals surface area contributed by atoms with E-state index in [9.17, 15) is 24.3 Å². The van der Waals surface area contributed by atoms with Crippen molar-refractivity contribution in [3.05, 3.63) is 35.9 Å². The van der Waals surface area contributed by atoms with Crippen LogP contribution in [-0.4, -0.2) is 133 Å². The van der Waals surface area contributed by atoms with Gasteiger partial charge in [-0.15, -0.1) is 0 Å². The van der Waals surface area contributed by atoms with Crippen molar-refractivity contribution in [1.82, 2.24) is 25.3 Å². The highest BCUT2D eigenvalue weighted by atomic mass is 16.5. The molecule has 3 aliphatic rings. The van der Waals surface area contributed by atoms with Crippen LogP contribution in [0.1, 0.15) is 85.1 Å². The summed E-state index contributed by atoms with van der Waals surface area (Å²) in [5, 5.41) is 16.2. The van der Waals surface area contributed by atoms with Crippen molar-refractivity contribution in [3.63, 3.8) is 0 Å². The number of carbonyl (C=O) groups excluding carboxylic acids is 4. The van der Waals surface area contributed by atoms with E-state index in [4.69, 9.17) is 9.47 Å². The number of likely N-dealkylation sites (tertiary alicyclic amines) is 2. The average molecular weight is 742 g/mol. The van der Waals surface area contributed by atoms with E-state index < -0.39 is 36.3 Å². The van der Waals surface area contributed by atoms with E-state index in [1.807, 2.05) is 56.1 Å². The number of ether oxygens (including phenoxy) is 2. The second kappa shape index (κ2) is 19.5. The number of hydrogen-bond acceptors (Lipinski definition) is 8. The van der Waals surface area contributed by atoms with Crippen molar-refractivity contribution >= 4 is 23.6 Å². The number of benzene rings is 1. The highest BCUT2D eigenvalue weighted by Crippen LogP contribution is 2.41. The molecule has 0 spiro atoms. The summed E-state index contributed by atoms with van der Waals surface area (Å²) in [6.45, 7) is 10.2. The van der Waals surface area contributed by atoms with Crippen molar-refractivity contribution in [1.29, 1.82) is 0 Å². The Hall–Kier alpha value is -3.06. The maximum absolute atomic E-state index is 14.3. The summed E-state index contributed by atoms with van der Waals surface area (Å²) in [6, 6.07) is 8.02. The van der Waals surface area contributed by atoms with Crippen LogP contribution in [0.4, 0.5) is 0 Å². The number of aliphatic hydroxyl groups excluding tert-OH is 1. The van der Waals surface area contributed by atoms with Crippen LogP contribution >= 0.6 is 0 Å². The third kappa shape index (κ3) is 9.98. The zero-order valence-corrected chi connectivity index (χ0v) is 33.6. The highest BCUT2D eigenvalue weighted by Gasteiger charge is 2.48. The topological polar surface area (TPSA) is 141 Å². The van der Waals surface area contributed by atoms with Crippen LogP contribution in [0.2, 0.25) is 0 Å². The Balaban J connectivity index is 1.44. The van der Waals surface area contributed by atoms with E-state index >= 15 is 0 Å². The molecule has 53 heavy (non-hydrogen) atoms. The minimum absolute atomic E-state index is 0.00193. The monoisotopic (exact) mass is 742 g/mol. The summed E-state index contributed by atoms with van der Waals surface area (Å²) < 4.78 is 12.0. The number of hydrogen-bond donors (Lipinski definition) is 3. The first kappa shape index (κ1) is 42.7. The summed E-state index contributed by atoms with van der Waals surface area (Å²) in [4.78, 5) is 61.3. The van der Waals surface area contributed by atoms with Gasteiger partial charge >= 0.3 is 0 Å². The number of rotatable bonds is 19. The van der Waals surface area contributed by atoms with Gasteiger partial charge in [0.15, 0.2) is 0 Å². The van der Waals surface area contributed by atoms with Gasteiger partial charge in [0.1, 0.15) is 6.04 Å². The molecule has 2 saturated heterocycles. The van der Waals surface area contributed by atoms with Gasteiger partial charge in [0.25, 0.3) is 0 Å². The normalized spacial score (nSPS) is 25.4. The van der Waals surface area contributed by atoms with E-state index in [2.05, 4.69) is 29.4 Å². The average Bonchev–Trinajstić information content (AvgIpc) is 3.90. The Morgan fingerprint density at radius 1 is 1.00 bits per heavy atom. The van der Waals surface area contributed by atoms with Gasteiger partial charge in [-0.2, -0.15) is 0 Å². The Morgan fingerprint density at radius 3 is 2.26 bits per heavy atom. The van der Waals surface area contributed by atoms with Crippen LogP contribution < -0.4 is 10.6 Å². The number of fused-ring (bicyclic) bond motifs is 2. The Kier molecular flexibility index (Phi) is 15.7. The molecule has 1 aliphatic carbocycles. The summed E-state index contributed by atoms with van der Waals surface area (Å²) in [5.41, 5.74) is 1.01. The van der Waals surface area contributed by atoms with Crippen LogP contribution in [0.15, 0.2) is 30.3 Å². The number of nitrogens with one attached hydrogen (secondary N) is 2. The molecule has 12 nitrogen and oxygen atoms in total. The minimum atomic E-state index is -0.712.